The second kappa shape index (κ2) is 7.10. The molecule has 1 unspecified atom stereocenters. The molecular weight excluding hydrogens is 345 g/mol. The molecule has 0 spiro atoms. The van der Waals surface area contributed by atoms with Gasteiger partial charge in [0.15, 0.2) is 5.69 Å². The minimum absolute atomic E-state index is 0.0841. The predicted octanol–water partition coefficient (Wildman–Crippen LogP) is 4.80. The van der Waals surface area contributed by atoms with Gasteiger partial charge >= 0.3 is 5.97 Å². The average Bonchev–Trinajstić information content (AvgIpc) is 3.18. The molecule has 1 aliphatic rings. The molecule has 1 N–H and O–H groups in total. The highest BCUT2D eigenvalue weighted by Gasteiger charge is 2.28. The molecule has 0 aliphatic heterocycles. The standard InChI is InChI=1S/C21H22FN3O2/c1-13(25-11-20(21(26)27)24-12-25)14-2-4-15(5-3-14)17-8-9-23-19-7-6-16(22)10-18(17)19/h6-15H,2-5H2,1H3,(H,26,27)/t13?,14-,15+. The summed E-state index contributed by atoms with van der Waals surface area (Å²) in [4.78, 5) is 19.3. The monoisotopic (exact) mass is 367 g/mol. The number of hydrogen-bond donors (Lipinski definition) is 1. The zero-order valence-electron chi connectivity index (χ0n) is 15.2. The first-order valence-corrected chi connectivity index (χ1v) is 9.34. The van der Waals surface area contributed by atoms with Gasteiger partial charge in [0.25, 0.3) is 0 Å². The SMILES string of the molecule is CC([C@H]1CC[C@@H](c2ccnc3ccc(F)cc32)CC1)n1cnc(C(=O)O)c1. The summed E-state index contributed by atoms with van der Waals surface area (Å²) in [5.74, 6) is -0.352. The summed E-state index contributed by atoms with van der Waals surface area (Å²) in [5, 5.41) is 9.96. The number of carboxylic acid groups (broad SMARTS) is 1. The highest BCUT2D eigenvalue weighted by molar-refractivity contribution is 5.85. The van der Waals surface area contributed by atoms with E-state index >= 15 is 0 Å². The van der Waals surface area contributed by atoms with Crippen LogP contribution in [0.5, 0.6) is 0 Å². The number of nitrogens with zero attached hydrogens (tertiary/aromatic N) is 3. The van der Waals surface area contributed by atoms with Gasteiger partial charge in [-0.15, -0.1) is 0 Å². The molecular formula is C21H22FN3O2. The maximum Gasteiger partial charge on any atom is 0.356 e. The molecule has 1 aliphatic carbocycles. The van der Waals surface area contributed by atoms with E-state index in [1.807, 2.05) is 16.8 Å². The quantitative estimate of drug-likeness (QED) is 0.719. The smallest absolute Gasteiger partial charge is 0.356 e. The van der Waals surface area contributed by atoms with Gasteiger partial charge < -0.3 is 9.67 Å². The lowest BCUT2D eigenvalue weighted by atomic mass is 9.75. The highest BCUT2D eigenvalue weighted by atomic mass is 19.1. The molecule has 1 saturated carbocycles. The Kier molecular flexibility index (Phi) is 4.64. The zero-order valence-corrected chi connectivity index (χ0v) is 15.2. The zero-order chi connectivity index (χ0) is 19.0. The Bertz CT molecular complexity index is 976. The second-order valence-electron chi connectivity index (χ2n) is 7.43. The van der Waals surface area contributed by atoms with E-state index in [0.717, 1.165) is 36.6 Å². The second-order valence-corrected chi connectivity index (χ2v) is 7.43. The molecule has 0 amide bonds. The minimum Gasteiger partial charge on any atom is -0.476 e. The van der Waals surface area contributed by atoms with Crippen LogP contribution in [-0.2, 0) is 0 Å². The van der Waals surface area contributed by atoms with E-state index in [-0.39, 0.29) is 17.6 Å². The Labute approximate surface area is 156 Å². The predicted molar refractivity (Wildman–Crippen MR) is 100 cm³/mol. The van der Waals surface area contributed by atoms with Crippen molar-refractivity contribution in [1.82, 2.24) is 14.5 Å². The van der Waals surface area contributed by atoms with Crippen LogP contribution in [0.4, 0.5) is 4.39 Å². The number of hydrogen-bond acceptors (Lipinski definition) is 3. The van der Waals surface area contributed by atoms with Gasteiger partial charge in [-0.3, -0.25) is 4.98 Å². The topological polar surface area (TPSA) is 68.0 Å². The van der Waals surface area contributed by atoms with E-state index in [9.17, 15) is 9.18 Å². The highest BCUT2D eigenvalue weighted by Crippen LogP contribution is 2.41. The number of benzene rings is 1. The number of carbonyl (C=O) groups is 1. The average molecular weight is 367 g/mol. The van der Waals surface area contributed by atoms with Crippen LogP contribution in [0, 0.1) is 11.7 Å². The third-order valence-corrected chi connectivity index (χ3v) is 5.92. The van der Waals surface area contributed by atoms with Gasteiger partial charge in [0.2, 0.25) is 0 Å². The lowest BCUT2D eigenvalue weighted by molar-refractivity contribution is 0.0691. The van der Waals surface area contributed by atoms with Crippen molar-refractivity contribution in [1.29, 1.82) is 0 Å². The van der Waals surface area contributed by atoms with Crippen LogP contribution < -0.4 is 0 Å². The number of halogens is 1. The van der Waals surface area contributed by atoms with E-state index in [1.54, 1.807) is 24.7 Å². The van der Waals surface area contributed by atoms with Crippen LogP contribution in [0.15, 0.2) is 43.0 Å². The van der Waals surface area contributed by atoms with Crippen LogP contribution in [0.2, 0.25) is 0 Å². The maximum atomic E-state index is 13.7. The fraction of sp³-hybridized carbons (Fsp3) is 0.381. The summed E-state index contributed by atoms with van der Waals surface area (Å²) >= 11 is 0. The molecule has 3 aromatic rings. The number of pyridine rings is 1. The van der Waals surface area contributed by atoms with Crippen molar-refractivity contribution in [2.24, 2.45) is 5.92 Å². The molecule has 0 radical (unpaired) electrons. The molecule has 2 aromatic heterocycles. The number of imidazole rings is 1. The Balaban J connectivity index is 1.49. The van der Waals surface area contributed by atoms with Gasteiger partial charge in [-0.25, -0.2) is 14.2 Å². The lowest BCUT2D eigenvalue weighted by Crippen LogP contribution is -2.21. The van der Waals surface area contributed by atoms with Crippen molar-refractivity contribution in [3.63, 3.8) is 0 Å². The first-order valence-electron chi connectivity index (χ1n) is 9.34. The Morgan fingerprint density at radius 1 is 1.22 bits per heavy atom. The molecule has 1 aromatic carbocycles. The van der Waals surface area contributed by atoms with Gasteiger partial charge in [-0.2, -0.15) is 0 Å². The van der Waals surface area contributed by atoms with Crippen LogP contribution in [0.3, 0.4) is 0 Å². The summed E-state index contributed by atoms with van der Waals surface area (Å²) in [7, 11) is 0. The van der Waals surface area contributed by atoms with Gasteiger partial charge in [0.1, 0.15) is 5.82 Å². The largest absolute Gasteiger partial charge is 0.476 e. The number of aromatic nitrogens is 3. The van der Waals surface area contributed by atoms with Gasteiger partial charge in [0, 0.05) is 23.8 Å². The first-order chi connectivity index (χ1) is 13.0. The van der Waals surface area contributed by atoms with Crippen molar-refractivity contribution in [2.75, 3.05) is 0 Å². The van der Waals surface area contributed by atoms with E-state index in [4.69, 9.17) is 5.11 Å². The van der Waals surface area contributed by atoms with Crippen LogP contribution in [0.1, 0.15) is 60.6 Å². The molecule has 5 nitrogen and oxygen atoms in total. The van der Waals surface area contributed by atoms with Crippen molar-refractivity contribution in [3.8, 4) is 0 Å². The van der Waals surface area contributed by atoms with Gasteiger partial charge in [0.05, 0.1) is 11.8 Å². The summed E-state index contributed by atoms with van der Waals surface area (Å²) < 4.78 is 15.6. The number of carboxylic acids is 1. The Morgan fingerprint density at radius 3 is 2.70 bits per heavy atom. The summed E-state index contributed by atoms with van der Waals surface area (Å²) in [6.45, 7) is 2.12. The van der Waals surface area contributed by atoms with Crippen LogP contribution in [0.25, 0.3) is 10.9 Å². The summed E-state index contributed by atoms with van der Waals surface area (Å²) in [5.41, 5.74) is 2.10. The molecule has 1 atom stereocenters. The molecule has 6 heteroatoms. The minimum atomic E-state index is -0.999. The third kappa shape index (κ3) is 3.44. The van der Waals surface area contributed by atoms with Gasteiger partial charge in [-0.1, -0.05) is 0 Å². The van der Waals surface area contributed by atoms with Crippen LogP contribution >= 0.6 is 0 Å². The van der Waals surface area contributed by atoms with E-state index in [1.165, 1.54) is 11.6 Å². The Hall–Kier alpha value is -2.76. The van der Waals surface area contributed by atoms with Crippen molar-refractivity contribution < 1.29 is 14.3 Å². The lowest BCUT2D eigenvalue weighted by Gasteiger charge is -2.33. The fourth-order valence-electron chi connectivity index (χ4n) is 4.32. The number of fused-ring (bicyclic) bond motifs is 1. The van der Waals surface area contributed by atoms with Crippen molar-refractivity contribution >= 4 is 16.9 Å². The molecule has 0 bridgehead atoms. The number of aromatic carboxylic acids is 1. The normalized spacial score (nSPS) is 21.3. The summed E-state index contributed by atoms with van der Waals surface area (Å²) in [6.07, 6.45) is 9.19. The van der Waals surface area contributed by atoms with E-state index in [0.29, 0.717) is 11.8 Å². The molecule has 0 saturated heterocycles. The Morgan fingerprint density at radius 2 is 2.00 bits per heavy atom. The first kappa shape index (κ1) is 17.6. The van der Waals surface area contributed by atoms with E-state index < -0.39 is 5.97 Å². The van der Waals surface area contributed by atoms with Crippen molar-refractivity contribution in [3.05, 3.63) is 60.1 Å². The molecule has 2 heterocycles. The molecule has 4 rings (SSSR count). The van der Waals surface area contributed by atoms with Gasteiger partial charge in [-0.05, 0) is 74.3 Å². The summed E-state index contributed by atoms with van der Waals surface area (Å²) in [6, 6.07) is 7.00. The van der Waals surface area contributed by atoms with E-state index in [2.05, 4.69) is 16.9 Å². The molecule has 27 heavy (non-hydrogen) atoms. The number of rotatable bonds is 4. The van der Waals surface area contributed by atoms with Crippen LogP contribution in [-0.4, -0.2) is 25.6 Å². The molecule has 140 valence electrons. The van der Waals surface area contributed by atoms with Crippen molar-refractivity contribution in [2.45, 2.75) is 44.6 Å². The maximum absolute atomic E-state index is 13.7. The molecule has 1 fully saturated rings. The fourth-order valence-corrected chi connectivity index (χ4v) is 4.32. The third-order valence-electron chi connectivity index (χ3n) is 5.92.